The Morgan fingerprint density at radius 3 is 2.59 bits per heavy atom. The van der Waals surface area contributed by atoms with Gasteiger partial charge in [-0.3, -0.25) is 0 Å². The van der Waals surface area contributed by atoms with Crippen molar-refractivity contribution in [2.24, 2.45) is 0 Å². The monoisotopic (exact) mass is 240 g/mol. The molecule has 0 radical (unpaired) electrons. The highest BCUT2D eigenvalue weighted by Crippen LogP contribution is 2.34. The second-order valence-corrected chi connectivity index (χ2v) is 5.11. The molecule has 1 heteroatoms. The van der Waals surface area contributed by atoms with E-state index in [0.29, 0.717) is 0 Å². The molecule has 1 atom stereocenters. The van der Waals surface area contributed by atoms with Crippen LogP contribution in [0.4, 0.5) is 0 Å². The third kappa shape index (κ3) is 2.03. The molecule has 86 valence electrons. The molecule has 0 bridgehead atoms. The Labute approximate surface area is 105 Å². The maximum atomic E-state index is 2.83. The fraction of sp³-hybridized carbons (Fsp3) is 0.250. The molecule has 0 nitrogen and oxygen atoms in total. The second-order valence-electron chi connectivity index (χ2n) is 4.70. The lowest BCUT2D eigenvalue weighted by molar-refractivity contribution is 0.912. The first-order valence-corrected chi connectivity index (χ1v) is 7.10. The Morgan fingerprint density at radius 1 is 1.00 bits per heavy atom. The fourth-order valence-electron chi connectivity index (χ4n) is 2.77. The van der Waals surface area contributed by atoms with Crippen LogP contribution in [-0.4, -0.2) is 0 Å². The van der Waals surface area contributed by atoms with Gasteiger partial charge in [0.1, 0.15) is 0 Å². The van der Waals surface area contributed by atoms with Gasteiger partial charge in [-0.15, -0.1) is 9.24 Å². The van der Waals surface area contributed by atoms with Gasteiger partial charge < -0.3 is 0 Å². The summed E-state index contributed by atoms with van der Waals surface area (Å²) in [5.74, 6) is 0. The van der Waals surface area contributed by atoms with Crippen LogP contribution in [0.5, 0.6) is 0 Å². The SMILES string of the molecule is PCc1cc2c(c(-c3ccccc3)c1)CCC2. The highest BCUT2D eigenvalue weighted by Gasteiger charge is 2.16. The third-order valence-corrected chi connectivity index (χ3v) is 4.07. The van der Waals surface area contributed by atoms with Crippen molar-refractivity contribution in [1.29, 1.82) is 0 Å². The predicted octanol–water partition coefficient (Wildman–Crippen LogP) is 4.22. The minimum absolute atomic E-state index is 1.05. The van der Waals surface area contributed by atoms with Gasteiger partial charge in [-0.1, -0.05) is 42.5 Å². The Balaban J connectivity index is 2.19. The van der Waals surface area contributed by atoms with Crippen LogP contribution in [0.15, 0.2) is 42.5 Å². The number of fused-ring (bicyclic) bond motifs is 1. The first-order valence-electron chi connectivity index (χ1n) is 6.28. The molecule has 1 aliphatic rings. The molecule has 0 aliphatic heterocycles. The van der Waals surface area contributed by atoms with Gasteiger partial charge in [0.15, 0.2) is 0 Å². The van der Waals surface area contributed by atoms with E-state index in [1.54, 1.807) is 11.1 Å². The van der Waals surface area contributed by atoms with Crippen molar-refractivity contribution in [3.8, 4) is 11.1 Å². The van der Waals surface area contributed by atoms with E-state index >= 15 is 0 Å². The Morgan fingerprint density at radius 2 is 1.82 bits per heavy atom. The van der Waals surface area contributed by atoms with E-state index < -0.39 is 0 Å². The average Bonchev–Trinajstić information content (AvgIpc) is 2.86. The van der Waals surface area contributed by atoms with Crippen molar-refractivity contribution in [3.05, 3.63) is 59.2 Å². The second kappa shape index (κ2) is 4.63. The summed E-state index contributed by atoms with van der Waals surface area (Å²) < 4.78 is 0. The van der Waals surface area contributed by atoms with Crippen LogP contribution in [-0.2, 0) is 19.0 Å². The lowest BCUT2D eigenvalue weighted by Gasteiger charge is -2.11. The molecule has 1 aliphatic carbocycles. The summed E-state index contributed by atoms with van der Waals surface area (Å²) in [7, 11) is 2.83. The summed E-state index contributed by atoms with van der Waals surface area (Å²) in [6.07, 6.45) is 4.87. The summed E-state index contributed by atoms with van der Waals surface area (Å²) in [5.41, 5.74) is 7.42. The summed E-state index contributed by atoms with van der Waals surface area (Å²) in [6, 6.07) is 15.5. The molecule has 0 aromatic heterocycles. The Hall–Kier alpha value is -1.13. The van der Waals surface area contributed by atoms with Crippen molar-refractivity contribution < 1.29 is 0 Å². The minimum atomic E-state index is 1.05. The number of rotatable bonds is 2. The van der Waals surface area contributed by atoms with Gasteiger partial charge in [0, 0.05) is 0 Å². The highest BCUT2D eigenvalue weighted by molar-refractivity contribution is 7.15. The number of hydrogen-bond acceptors (Lipinski definition) is 0. The molecule has 0 spiro atoms. The summed E-state index contributed by atoms with van der Waals surface area (Å²) in [6.45, 7) is 0. The number of hydrogen-bond donors (Lipinski definition) is 0. The standard InChI is InChI=1S/C16H17P/c17-11-12-9-14-7-4-8-15(14)16(10-12)13-5-2-1-3-6-13/h1-3,5-6,9-10H,4,7-8,11,17H2. The van der Waals surface area contributed by atoms with Crippen LogP contribution in [0.1, 0.15) is 23.1 Å². The van der Waals surface area contributed by atoms with E-state index in [4.69, 9.17) is 0 Å². The van der Waals surface area contributed by atoms with Crippen LogP contribution in [0, 0.1) is 0 Å². The van der Waals surface area contributed by atoms with Gasteiger partial charge in [0.25, 0.3) is 0 Å². The van der Waals surface area contributed by atoms with E-state index in [2.05, 4.69) is 51.7 Å². The smallest absolute Gasteiger partial charge is 0.0128 e. The molecule has 0 N–H and O–H groups in total. The van der Waals surface area contributed by atoms with Crippen molar-refractivity contribution in [1.82, 2.24) is 0 Å². The zero-order valence-corrected chi connectivity index (χ0v) is 11.1. The van der Waals surface area contributed by atoms with E-state index in [1.807, 2.05) is 0 Å². The molecule has 0 saturated carbocycles. The average molecular weight is 240 g/mol. The molecule has 2 aromatic carbocycles. The lowest BCUT2D eigenvalue weighted by atomic mass is 9.95. The third-order valence-electron chi connectivity index (χ3n) is 3.60. The van der Waals surface area contributed by atoms with E-state index in [0.717, 1.165) is 6.16 Å². The van der Waals surface area contributed by atoms with E-state index in [1.165, 1.54) is 36.0 Å². The summed E-state index contributed by atoms with van der Waals surface area (Å²) in [4.78, 5) is 0. The molecule has 0 saturated heterocycles. The maximum Gasteiger partial charge on any atom is -0.0128 e. The van der Waals surface area contributed by atoms with Crippen molar-refractivity contribution in [3.63, 3.8) is 0 Å². The Kier molecular flexibility index (Phi) is 2.99. The van der Waals surface area contributed by atoms with Gasteiger partial charge >= 0.3 is 0 Å². The van der Waals surface area contributed by atoms with Gasteiger partial charge in [-0.05, 0) is 53.2 Å². The van der Waals surface area contributed by atoms with Crippen molar-refractivity contribution in [2.75, 3.05) is 0 Å². The molecule has 1 unspecified atom stereocenters. The Bertz CT molecular complexity index is 529. The van der Waals surface area contributed by atoms with Crippen LogP contribution in [0.25, 0.3) is 11.1 Å². The predicted molar refractivity (Wildman–Crippen MR) is 77.3 cm³/mol. The quantitative estimate of drug-likeness (QED) is 0.689. The van der Waals surface area contributed by atoms with Gasteiger partial charge in [0.05, 0.1) is 0 Å². The topological polar surface area (TPSA) is 0 Å². The van der Waals surface area contributed by atoms with Gasteiger partial charge in [-0.25, -0.2) is 0 Å². The molecular weight excluding hydrogens is 223 g/mol. The molecule has 0 heterocycles. The molecular formula is C16H17P. The highest BCUT2D eigenvalue weighted by atomic mass is 31.0. The zero-order chi connectivity index (χ0) is 11.7. The molecule has 2 aromatic rings. The van der Waals surface area contributed by atoms with Crippen LogP contribution >= 0.6 is 9.24 Å². The largest absolute Gasteiger partial charge is 0.133 e. The van der Waals surface area contributed by atoms with Crippen molar-refractivity contribution >= 4 is 9.24 Å². The van der Waals surface area contributed by atoms with Gasteiger partial charge in [0.2, 0.25) is 0 Å². The number of benzene rings is 2. The summed E-state index contributed by atoms with van der Waals surface area (Å²) in [5, 5.41) is 0. The first-order chi connectivity index (χ1) is 8.38. The lowest BCUT2D eigenvalue weighted by Crippen LogP contribution is -1.91. The minimum Gasteiger partial charge on any atom is -0.133 e. The van der Waals surface area contributed by atoms with Crippen LogP contribution < -0.4 is 0 Å². The zero-order valence-electron chi connectivity index (χ0n) is 9.95. The first kappa shape index (κ1) is 11.0. The molecule has 17 heavy (non-hydrogen) atoms. The molecule has 3 rings (SSSR count). The molecule has 0 amide bonds. The van der Waals surface area contributed by atoms with Crippen LogP contribution in [0.2, 0.25) is 0 Å². The normalized spacial score (nSPS) is 13.7. The van der Waals surface area contributed by atoms with Crippen LogP contribution in [0.3, 0.4) is 0 Å². The van der Waals surface area contributed by atoms with E-state index in [9.17, 15) is 0 Å². The number of aryl methyl sites for hydroxylation is 1. The summed E-state index contributed by atoms with van der Waals surface area (Å²) >= 11 is 0. The molecule has 0 fully saturated rings. The maximum absolute atomic E-state index is 2.83. The fourth-order valence-corrected chi connectivity index (χ4v) is 3.00. The van der Waals surface area contributed by atoms with Gasteiger partial charge in [-0.2, -0.15) is 0 Å². The van der Waals surface area contributed by atoms with E-state index in [-0.39, 0.29) is 0 Å². The van der Waals surface area contributed by atoms with Crippen molar-refractivity contribution in [2.45, 2.75) is 25.4 Å².